The lowest BCUT2D eigenvalue weighted by Gasteiger charge is -2.36. The maximum Gasteiger partial charge on any atom is 0.298 e. The average molecular weight is 252 g/mol. The summed E-state index contributed by atoms with van der Waals surface area (Å²) in [5.74, 6) is 0.393. The van der Waals surface area contributed by atoms with Crippen LogP contribution in [0.15, 0.2) is 0 Å². The highest BCUT2D eigenvalue weighted by Gasteiger charge is 2.42. The first-order valence-electron chi connectivity index (χ1n) is 5.43. The normalized spacial score (nSPS) is 14.5. The fourth-order valence-electron chi connectivity index (χ4n) is 1.57. The summed E-state index contributed by atoms with van der Waals surface area (Å²) in [6, 6.07) is 0. The molecule has 0 aromatic rings. The molecule has 4 nitrogen and oxygen atoms in total. The van der Waals surface area contributed by atoms with Crippen molar-refractivity contribution in [3.8, 4) is 0 Å². The van der Waals surface area contributed by atoms with E-state index in [0.717, 1.165) is 0 Å². The van der Waals surface area contributed by atoms with Crippen molar-refractivity contribution in [1.29, 1.82) is 0 Å². The maximum absolute atomic E-state index is 11.8. The molecule has 0 atom stereocenters. The van der Waals surface area contributed by atoms with Gasteiger partial charge in [-0.25, -0.2) is 4.89 Å². The predicted octanol–water partition coefficient (Wildman–Crippen LogP) is 2.75. The summed E-state index contributed by atoms with van der Waals surface area (Å²) < 4.78 is 27.0. The first kappa shape index (κ1) is 15.9. The highest BCUT2D eigenvalue weighted by Crippen LogP contribution is 2.38. The molecule has 0 fully saturated rings. The van der Waals surface area contributed by atoms with Gasteiger partial charge in [-0.2, -0.15) is 8.42 Å². The third-order valence-electron chi connectivity index (χ3n) is 3.28. The fraction of sp³-hybridized carbons (Fsp3) is 1.00. The topological polar surface area (TPSA) is 52.6 Å². The molecule has 16 heavy (non-hydrogen) atoms. The summed E-state index contributed by atoms with van der Waals surface area (Å²) >= 11 is 0. The first-order valence-corrected chi connectivity index (χ1v) is 6.84. The maximum atomic E-state index is 11.8. The zero-order valence-electron chi connectivity index (χ0n) is 11.3. The molecule has 0 saturated heterocycles. The minimum absolute atomic E-state index is 0.0757. The Bertz CT molecular complexity index is 315. The summed E-state index contributed by atoms with van der Waals surface area (Å²) in [5.41, 5.74) is -0.0757. The van der Waals surface area contributed by atoms with Crippen LogP contribution in [0.4, 0.5) is 0 Å². The second kappa shape index (κ2) is 5.02. The number of hydrogen-bond acceptors (Lipinski definition) is 4. The van der Waals surface area contributed by atoms with Crippen LogP contribution < -0.4 is 0 Å². The van der Waals surface area contributed by atoms with Gasteiger partial charge in [-0.3, -0.25) is 0 Å². The van der Waals surface area contributed by atoms with Gasteiger partial charge in [0.05, 0.1) is 11.9 Å². The van der Waals surface area contributed by atoms with Gasteiger partial charge in [0, 0.05) is 0 Å². The largest absolute Gasteiger partial charge is 0.298 e. The molecule has 0 aliphatic heterocycles. The molecule has 0 amide bonds. The zero-order valence-corrected chi connectivity index (χ0v) is 12.1. The van der Waals surface area contributed by atoms with Gasteiger partial charge in [-0.05, 0) is 31.6 Å². The fourth-order valence-corrected chi connectivity index (χ4v) is 2.48. The van der Waals surface area contributed by atoms with E-state index in [-0.39, 0.29) is 5.41 Å². The molecule has 0 unspecified atom stereocenters. The van der Waals surface area contributed by atoms with Crippen molar-refractivity contribution in [2.24, 2.45) is 11.3 Å². The molecule has 0 aliphatic carbocycles. The first-order chi connectivity index (χ1) is 6.96. The number of rotatable bonds is 6. The summed E-state index contributed by atoms with van der Waals surface area (Å²) in [4.78, 5) is 4.28. The Morgan fingerprint density at radius 3 is 1.88 bits per heavy atom. The molecule has 0 aliphatic rings. The van der Waals surface area contributed by atoms with Crippen molar-refractivity contribution in [3.05, 3.63) is 0 Å². The molecule has 0 aromatic heterocycles. The summed E-state index contributed by atoms with van der Waals surface area (Å²) in [5, 5.41) is 0. The highest BCUT2D eigenvalue weighted by atomic mass is 32.2. The SMILES string of the molecule is COOS(=O)(=O)C(C)(C)CC(C)(C)C(C)C. The molecular formula is C11H24O4S. The molecule has 0 N–H and O–H groups in total. The van der Waals surface area contributed by atoms with Crippen molar-refractivity contribution in [2.75, 3.05) is 7.11 Å². The summed E-state index contributed by atoms with van der Waals surface area (Å²) in [6.45, 7) is 11.6. The molecule has 0 spiro atoms. The molecule has 0 radical (unpaired) electrons. The van der Waals surface area contributed by atoms with Crippen LogP contribution in [0.3, 0.4) is 0 Å². The van der Waals surface area contributed by atoms with Crippen LogP contribution in [0.5, 0.6) is 0 Å². The van der Waals surface area contributed by atoms with Gasteiger partial charge < -0.3 is 0 Å². The Morgan fingerprint density at radius 2 is 1.56 bits per heavy atom. The van der Waals surface area contributed by atoms with Gasteiger partial charge in [0.25, 0.3) is 10.1 Å². The highest BCUT2D eigenvalue weighted by molar-refractivity contribution is 7.88. The Balaban J connectivity index is 4.96. The van der Waals surface area contributed by atoms with Crippen molar-refractivity contribution in [1.82, 2.24) is 0 Å². The zero-order chi connectivity index (χ0) is 13.2. The minimum Gasteiger partial charge on any atom is -0.223 e. The van der Waals surface area contributed by atoms with Crippen LogP contribution in [0, 0.1) is 11.3 Å². The monoisotopic (exact) mass is 252 g/mol. The van der Waals surface area contributed by atoms with Crippen LogP contribution >= 0.6 is 0 Å². The van der Waals surface area contributed by atoms with Crippen LogP contribution in [0.25, 0.3) is 0 Å². The van der Waals surface area contributed by atoms with E-state index in [0.29, 0.717) is 12.3 Å². The Morgan fingerprint density at radius 1 is 1.12 bits per heavy atom. The van der Waals surface area contributed by atoms with Gasteiger partial charge in [0.15, 0.2) is 0 Å². The van der Waals surface area contributed by atoms with Crippen molar-refractivity contribution >= 4 is 10.1 Å². The smallest absolute Gasteiger partial charge is 0.223 e. The van der Waals surface area contributed by atoms with E-state index in [1.165, 1.54) is 7.11 Å². The predicted molar refractivity (Wildman–Crippen MR) is 64.3 cm³/mol. The van der Waals surface area contributed by atoms with Gasteiger partial charge in [-0.1, -0.05) is 27.7 Å². The van der Waals surface area contributed by atoms with Gasteiger partial charge >= 0.3 is 0 Å². The lowest BCUT2D eigenvalue weighted by molar-refractivity contribution is -0.174. The molecule has 5 heteroatoms. The molecule has 0 aromatic carbocycles. The van der Waals surface area contributed by atoms with Crippen LogP contribution in [0.1, 0.15) is 48.0 Å². The van der Waals surface area contributed by atoms with E-state index in [1.807, 2.05) is 0 Å². The van der Waals surface area contributed by atoms with E-state index in [2.05, 4.69) is 36.9 Å². The minimum atomic E-state index is -3.70. The van der Waals surface area contributed by atoms with Gasteiger partial charge in [0.2, 0.25) is 0 Å². The molecule has 0 saturated carbocycles. The molecule has 0 bridgehead atoms. The summed E-state index contributed by atoms with van der Waals surface area (Å²) in [7, 11) is -2.50. The third kappa shape index (κ3) is 3.71. The van der Waals surface area contributed by atoms with Crippen molar-refractivity contribution < 1.29 is 17.6 Å². The van der Waals surface area contributed by atoms with Crippen molar-refractivity contribution in [2.45, 2.75) is 52.7 Å². The molecular weight excluding hydrogens is 228 g/mol. The lowest BCUT2D eigenvalue weighted by Crippen LogP contribution is -2.39. The Labute approximate surface area is 99.4 Å². The third-order valence-corrected chi connectivity index (χ3v) is 5.09. The number of hydrogen-bond donors (Lipinski definition) is 0. The molecule has 0 heterocycles. The lowest BCUT2D eigenvalue weighted by atomic mass is 9.75. The van der Waals surface area contributed by atoms with Gasteiger partial charge in [-0.15, -0.1) is 4.33 Å². The average Bonchev–Trinajstić information content (AvgIpc) is 2.00. The van der Waals surface area contributed by atoms with Crippen LogP contribution in [-0.4, -0.2) is 20.3 Å². The van der Waals surface area contributed by atoms with Crippen LogP contribution in [-0.2, 0) is 19.3 Å². The van der Waals surface area contributed by atoms with Gasteiger partial charge in [0.1, 0.15) is 0 Å². The molecule has 0 rings (SSSR count). The molecule has 98 valence electrons. The van der Waals surface area contributed by atoms with E-state index < -0.39 is 14.9 Å². The standard InChI is InChI=1S/C11H24O4S/c1-9(2)10(3,4)8-11(5,6)16(12,13)15-14-7/h9H,8H2,1-7H3. The van der Waals surface area contributed by atoms with Crippen molar-refractivity contribution in [3.63, 3.8) is 0 Å². The van der Waals surface area contributed by atoms with E-state index in [1.54, 1.807) is 13.8 Å². The van der Waals surface area contributed by atoms with E-state index in [9.17, 15) is 8.42 Å². The Hall–Kier alpha value is -0.130. The van der Waals surface area contributed by atoms with E-state index >= 15 is 0 Å². The van der Waals surface area contributed by atoms with Crippen LogP contribution in [0.2, 0.25) is 0 Å². The van der Waals surface area contributed by atoms with E-state index in [4.69, 9.17) is 0 Å². The second-order valence-electron chi connectivity index (χ2n) is 5.77. The Kier molecular flexibility index (Phi) is 4.98. The second-order valence-corrected chi connectivity index (χ2v) is 7.92. The quantitative estimate of drug-likeness (QED) is 0.539. The summed E-state index contributed by atoms with van der Waals surface area (Å²) in [6.07, 6.45) is 0.517.